The molecule has 7 heteroatoms. The molecule has 1 saturated carbocycles. The molecule has 30 heavy (non-hydrogen) atoms. The van der Waals surface area contributed by atoms with Gasteiger partial charge in [-0.05, 0) is 74.3 Å². The molecule has 0 atom stereocenters. The van der Waals surface area contributed by atoms with Crippen LogP contribution < -0.4 is 5.32 Å². The first-order chi connectivity index (χ1) is 14.6. The van der Waals surface area contributed by atoms with Crippen LogP contribution in [0.3, 0.4) is 0 Å². The van der Waals surface area contributed by atoms with Gasteiger partial charge in [-0.25, -0.2) is 9.37 Å². The van der Waals surface area contributed by atoms with Crippen LogP contribution >= 0.6 is 23.4 Å². The average molecular weight is 445 g/mol. The Bertz CT molecular complexity index is 954. The number of nitrogens with zero attached hydrogens (tertiary/aromatic N) is 3. The van der Waals surface area contributed by atoms with E-state index in [1.807, 2.05) is 30.5 Å². The average Bonchev–Trinajstić information content (AvgIpc) is 3.46. The van der Waals surface area contributed by atoms with E-state index in [-0.39, 0.29) is 5.82 Å². The van der Waals surface area contributed by atoms with Gasteiger partial charge >= 0.3 is 0 Å². The van der Waals surface area contributed by atoms with Crippen molar-refractivity contribution in [1.29, 1.82) is 0 Å². The fourth-order valence-corrected chi connectivity index (χ4v) is 4.54. The van der Waals surface area contributed by atoms with Crippen molar-refractivity contribution in [2.24, 2.45) is 5.92 Å². The maximum atomic E-state index is 13.2. The molecule has 1 N–H and O–H groups in total. The summed E-state index contributed by atoms with van der Waals surface area (Å²) in [6, 6.07) is 14.2. The van der Waals surface area contributed by atoms with Crippen LogP contribution in [0.25, 0.3) is 5.69 Å². The lowest BCUT2D eigenvalue weighted by molar-refractivity contribution is 0.340. The molecule has 158 valence electrons. The highest BCUT2D eigenvalue weighted by molar-refractivity contribution is 7.99. The molecule has 4 nitrogen and oxygen atoms in total. The second-order valence-corrected chi connectivity index (χ2v) is 9.26. The summed E-state index contributed by atoms with van der Waals surface area (Å²) in [6.45, 7) is 2.82. The normalized spacial score (nSPS) is 13.7. The van der Waals surface area contributed by atoms with Crippen molar-refractivity contribution in [3.63, 3.8) is 0 Å². The number of aromatic nitrogens is 2. The molecule has 1 aliphatic carbocycles. The summed E-state index contributed by atoms with van der Waals surface area (Å²) in [7, 11) is 2.20. The number of hydrogen-bond donors (Lipinski definition) is 1. The summed E-state index contributed by atoms with van der Waals surface area (Å²) < 4.78 is 15.3. The van der Waals surface area contributed by atoms with Gasteiger partial charge in [0.1, 0.15) is 5.82 Å². The van der Waals surface area contributed by atoms with Gasteiger partial charge in [-0.2, -0.15) is 0 Å². The van der Waals surface area contributed by atoms with E-state index in [4.69, 9.17) is 11.6 Å². The van der Waals surface area contributed by atoms with Gasteiger partial charge in [-0.15, -0.1) is 0 Å². The van der Waals surface area contributed by atoms with Gasteiger partial charge in [0.15, 0.2) is 5.16 Å². The monoisotopic (exact) mass is 444 g/mol. The van der Waals surface area contributed by atoms with E-state index in [0.29, 0.717) is 11.6 Å². The van der Waals surface area contributed by atoms with Crippen LogP contribution in [0.1, 0.15) is 18.5 Å². The third kappa shape index (κ3) is 5.78. The predicted octanol–water partition coefficient (Wildman–Crippen LogP) is 5.71. The number of rotatable bonds is 10. The van der Waals surface area contributed by atoms with Crippen LogP contribution in [0, 0.1) is 11.7 Å². The highest BCUT2D eigenvalue weighted by Gasteiger charge is 2.22. The molecular weight excluding hydrogens is 419 g/mol. The minimum absolute atomic E-state index is 0.239. The quantitative estimate of drug-likeness (QED) is 0.406. The van der Waals surface area contributed by atoms with Crippen molar-refractivity contribution in [1.82, 2.24) is 14.5 Å². The Hall–Kier alpha value is -2.02. The molecule has 0 unspecified atom stereocenters. The first kappa shape index (κ1) is 21.2. The summed E-state index contributed by atoms with van der Waals surface area (Å²) in [6.07, 6.45) is 4.66. The van der Waals surface area contributed by atoms with E-state index < -0.39 is 0 Å². The Morgan fingerprint density at radius 1 is 1.17 bits per heavy atom. The van der Waals surface area contributed by atoms with E-state index in [1.165, 1.54) is 31.5 Å². The summed E-state index contributed by atoms with van der Waals surface area (Å²) in [4.78, 5) is 7.10. The molecule has 4 rings (SSSR count). The minimum atomic E-state index is -0.239. The molecule has 1 aliphatic rings. The molecule has 1 fully saturated rings. The molecule has 2 aromatic carbocycles. The summed E-state index contributed by atoms with van der Waals surface area (Å²) in [5.41, 5.74) is 2.94. The molecule has 1 heterocycles. The molecule has 0 aliphatic heterocycles. The van der Waals surface area contributed by atoms with Gasteiger partial charge in [-0.1, -0.05) is 23.4 Å². The largest absolute Gasteiger partial charge is 0.379 e. The molecule has 0 saturated heterocycles. The number of benzene rings is 2. The first-order valence-electron chi connectivity index (χ1n) is 10.2. The predicted molar refractivity (Wildman–Crippen MR) is 123 cm³/mol. The number of nitrogens with one attached hydrogen (secondary N) is 1. The van der Waals surface area contributed by atoms with Crippen molar-refractivity contribution in [2.75, 3.05) is 31.2 Å². The number of halogens is 2. The highest BCUT2D eigenvalue weighted by Crippen LogP contribution is 2.30. The Balaban J connectivity index is 1.47. The summed E-state index contributed by atoms with van der Waals surface area (Å²) in [5.74, 6) is 1.65. The molecular formula is C23H26ClFN4S. The Morgan fingerprint density at radius 3 is 2.60 bits per heavy atom. The lowest BCUT2D eigenvalue weighted by Gasteiger charge is -2.16. The third-order valence-electron chi connectivity index (χ3n) is 5.18. The van der Waals surface area contributed by atoms with Crippen LogP contribution in [0.4, 0.5) is 10.1 Å². The number of imidazole rings is 1. The van der Waals surface area contributed by atoms with Gasteiger partial charge < -0.3 is 10.2 Å². The zero-order chi connectivity index (χ0) is 20.9. The molecule has 0 radical (unpaired) electrons. The Labute approximate surface area is 186 Å². The second kappa shape index (κ2) is 9.86. The van der Waals surface area contributed by atoms with Gasteiger partial charge in [0.25, 0.3) is 0 Å². The third-order valence-corrected chi connectivity index (χ3v) is 6.36. The van der Waals surface area contributed by atoms with Gasteiger partial charge in [0, 0.05) is 35.2 Å². The Morgan fingerprint density at radius 2 is 1.90 bits per heavy atom. The number of hydrogen-bond acceptors (Lipinski definition) is 4. The van der Waals surface area contributed by atoms with E-state index >= 15 is 0 Å². The summed E-state index contributed by atoms with van der Waals surface area (Å²) in [5, 5.41) is 5.03. The van der Waals surface area contributed by atoms with Crippen molar-refractivity contribution in [2.45, 2.75) is 24.5 Å². The molecule has 0 spiro atoms. The minimum Gasteiger partial charge on any atom is -0.379 e. The van der Waals surface area contributed by atoms with Gasteiger partial charge in [-0.3, -0.25) is 4.57 Å². The maximum absolute atomic E-state index is 13.2. The Kier molecular flexibility index (Phi) is 6.97. The topological polar surface area (TPSA) is 33.1 Å². The molecule has 0 bridgehead atoms. The maximum Gasteiger partial charge on any atom is 0.172 e. The van der Waals surface area contributed by atoms with Gasteiger partial charge in [0.05, 0.1) is 18.4 Å². The van der Waals surface area contributed by atoms with E-state index in [1.54, 1.807) is 23.9 Å². The van der Waals surface area contributed by atoms with Crippen LogP contribution in [0.5, 0.6) is 0 Å². The van der Waals surface area contributed by atoms with Crippen molar-refractivity contribution < 1.29 is 4.39 Å². The number of thioether (sulfide) groups is 1. The van der Waals surface area contributed by atoms with E-state index in [9.17, 15) is 4.39 Å². The molecule has 0 amide bonds. The lowest BCUT2D eigenvalue weighted by atomic mass is 10.3. The van der Waals surface area contributed by atoms with Crippen molar-refractivity contribution in [3.8, 4) is 5.69 Å². The molecule has 1 aromatic heterocycles. The van der Waals surface area contributed by atoms with E-state index in [0.717, 1.165) is 40.4 Å². The lowest BCUT2D eigenvalue weighted by Crippen LogP contribution is -2.23. The van der Waals surface area contributed by atoms with Gasteiger partial charge in [0.2, 0.25) is 0 Å². The van der Waals surface area contributed by atoms with Crippen molar-refractivity contribution >= 4 is 29.1 Å². The van der Waals surface area contributed by atoms with Crippen molar-refractivity contribution in [3.05, 3.63) is 71.3 Å². The summed E-state index contributed by atoms with van der Waals surface area (Å²) >= 11 is 7.86. The first-order valence-corrected chi connectivity index (χ1v) is 11.6. The molecule has 3 aromatic rings. The second-order valence-electron chi connectivity index (χ2n) is 7.76. The van der Waals surface area contributed by atoms with Crippen LogP contribution in [0.2, 0.25) is 5.02 Å². The fourth-order valence-electron chi connectivity index (χ4n) is 3.35. The fraction of sp³-hybridized carbons (Fsp3) is 0.348. The standard InChI is InChI=1S/C23H26ClFN4S/c1-28(16-17-2-3-17)12-13-30-23-27-15-22(14-26-20-8-6-19(25)7-9-20)29(23)21-10-4-18(24)5-11-21/h4-11,15,17,26H,2-3,12-14,16H2,1H3. The van der Waals surface area contributed by atoms with E-state index in [2.05, 4.69) is 26.8 Å². The zero-order valence-corrected chi connectivity index (χ0v) is 18.6. The van der Waals surface area contributed by atoms with Crippen LogP contribution in [-0.4, -0.2) is 40.3 Å². The smallest absolute Gasteiger partial charge is 0.172 e. The van der Waals surface area contributed by atoms with Crippen LogP contribution in [-0.2, 0) is 6.54 Å². The SMILES string of the molecule is CN(CCSc1ncc(CNc2ccc(F)cc2)n1-c1ccc(Cl)cc1)CC1CC1. The zero-order valence-electron chi connectivity index (χ0n) is 17.0. The highest BCUT2D eigenvalue weighted by atomic mass is 35.5. The van der Waals surface area contributed by atoms with Crippen LogP contribution in [0.15, 0.2) is 59.9 Å². The number of anilines is 1.